The molecule has 0 fully saturated rings. The fourth-order valence-corrected chi connectivity index (χ4v) is 0.730. The smallest absolute Gasteiger partial charge is 0.130 e. The predicted octanol–water partition coefficient (Wildman–Crippen LogP) is 0.433. The van der Waals surface area contributed by atoms with Crippen molar-refractivity contribution in [3.05, 3.63) is 29.2 Å². The molecular formula is C7H7NO2. The highest BCUT2D eigenvalue weighted by Crippen LogP contribution is 2.14. The maximum atomic E-state index is 10.1. The molecule has 0 heterocycles. The quantitative estimate of drug-likeness (QED) is 0.476. The van der Waals surface area contributed by atoms with Gasteiger partial charge in [0.2, 0.25) is 0 Å². The summed E-state index contributed by atoms with van der Waals surface area (Å²) in [4.78, 5) is 10.1. The van der Waals surface area contributed by atoms with Crippen molar-refractivity contribution >= 4 is 5.94 Å². The second-order valence-electron chi connectivity index (χ2n) is 2.01. The van der Waals surface area contributed by atoms with Crippen molar-refractivity contribution in [2.75, 3.05) is 0 Å². The Labute approximate surface area is 58.1 Å². The van der Waals surface area contributed by atoms with Crippen molar-refractivity contribution < 1.29 is 9.90 Å². The van der Waals surface area contributed by atoms with E-state index < -0.39 is 0 Å². The first-order chi connectivity index (χ1) is 4.74. The summed E-state index contributed by atoms with van der Waals surface area (Å²) in [7, 11) is 0. The summed E-state index contributed by atoms with van der Waals surface area (Å²) in [5.41, 5.74) is 6.04. The molecule has 1 rings (SSSR count). The third-order valence-electron chi connectivity index (χ3n) is 1.29. The van der Waals surface area contributed by atoms with Crippen LogP contribution in [0.2, 0.25) is 0 Å². The molecule has 0 radical (unpaired) electrons. The maximum absolute atomic E-state index is 10.1. The van der Waals surface area contributed by atoms with Gasteiger partial charge in [-0.25, -0.2) is 4.79 Å². The lowest BCUT2D eigenvalue weighted by atomic mass is 10.1. The molecule has 0 bridgehead atoms. The highest BCUT2D eigenvalue weighted by molar-refractivity contribution is 5.62. The van der Waals surface area contributed by atoms with Crippen LogP contribution in [0.4, 0.5) is 0 Å². The zero-order valence-corrected chi connectivity index (χ0v) is 5.29. The zero-order valence-electron chi connectivity index (χ0n) is 5.29. The van der Waals surface area contributed by atoms with Gasteiger partial charge >= 0.3 is 0 Å². The van der Waals surface area contributed by atoms with Crippen LogP contribution >= 0.6 is 0 Å². The van der Waals surface area contributed by atoms with E-state index in [0.717, 1.165) is 0 Å². The summed E-state index contributed by atoms with van der Waals surface area (Å²) in [6, 6.07) is 0. The molecule has 1 aliphatic rings. The Kier molecular flexibility index (Phi) is 1.61. The standard InChI is InChI=1S/C7H7NO2/c8-7-3-6(10)2-1-5(7)4-9/h2-3,10H,1,8H2. The molecule has 0 spiro atoms. The Balaban J connectivity index is 2.99. The Morgan fingerprint density at radius 3 is 2.90 bits per heavy atom. The minimum Gasteiger partial charge on any atom is -0.508 e. The van der Waals surface area contributed by atoms with Gasteiger partial charge in [0.25, 0.3) is 0 Å². The van der Waals surface area contributed by atoms with E-state index in [1.807, 2.05) is 0 Å². The Bertz CT molecular complexity index is 257. The van der Waals surface area contributed by atoms with E-state index in [2.05, 4.69) is 0 Å². The minimum atomic E-state index is 0.108. The van der Waals surface area contributed by atoms with E-state index >= 15 is 0 Å². The first-order valence-corrected chi connectivity index (χ1v) is 2.84. The molecule has 0 amide bonds. The summed E-state index contributed by atoms with van der Waals surface area (Å²) in [6.45, 7) is 0. The number of aliphatic hydroxyl groups is 1. The molecule has 0 unspecified atom stereocenters. The molecule has 0 atom stereocenters. The van der Waals surface area contributed by atoms with E-state index in [0.29, 0.717) is 17.7 Å². The Hall–Kier alpha value is -1.47. The molecule has 10 heavy (non-hydrogen) atoms. The first kappa shape index (κ1) is 6.65. The van der Waals surface area contributed by atoms with Crippen LogP contribution in [-0.4, -0.2) is 11.0 Å². The van der Waals surface area contributed by atoms with Crippen molar-refractivity contribution in [1.82, 2.24) is 0 Å². The molecule has 0 saturated carbocycles. The van der Waals surface area contributed by atoms with Crippen LogP contribution in [0.25, 0.3) is 0 Å². The SMILES string of the molecule is NC1=CC(O)=CCC1=C=O. The lowest BCUT2D eigenvalue weighted by molar-refractivity contribution is 0.428. The van der Waals surface area contributed by atoms with Crippen molar-refractivity contribution in [2.24, 2.45) is 5.73 Å². The summed E-state index contributed by atoms with van der Waals surface area (Å²) < 4.78 is 0. The number of rotatable bonds is 0. The molecule has 1 aliphatic carbocycles. The van der Waals surface area contributed by atoms with Gasteiger partial charge in [-0.3, -0.25) is 0 Å². The fourth-order valence-electron chi connectivity index (χ4n) is 0.730. The van der Waals surface area contributed by atoms with Crippen molar-refractivity contribution in [3.8, 4) is 0 Å². The van der Waals surface area contributed by atoms with E-state index in [1.165, 1.54) is 12.2 Å². The largest absolute Gasteiger partial charge is 0.508 e. The molecule has 0 aromatic heterocycles. The van der Waals surface area contributed by atoms with Gasteiger partial charge in [-0.1, -0.05) is 0 Å². The molecule has 0 saturated heterocycles. The fraction of sp³-hybridized carbons (Fsp3) is 0.143. The molecule has 3 N–H and O–H groups in total. The van der Waals surface area contributed by atoms with Gasteiger partial charge in [-0.15, -0.1) is 0 Å². The number of hydrogen-bond donors (Lipinski definition) is 2. The van der Waals surface area contributed by atoms with Crippen molar-refractivity contribution in [1.29, 1.82) is 0 Å². The summed E-state index contributed by atoms with van der Waals surface area (Å²) in [5.74, 6) is 1.80. The van der Waals surface area contributed by atoms with E-state index in [9.17, 15) is 4.79 Å². The van der Waals surface area contributed by atoms with Crippen LogP contribution in [0.15, 0.2) is 29.2 Å². The number of nitrogens with two attached hydrogens (primary N) is 1. The molecule has 0 aliphatic heterocycles. The van der Waals surface area contributed by atoms with Gasteiger partial charge in [0.15, 0.2) is 0 Å². The number of allylic oxidation sites excluding steroid dienone is 3. The topological polar surface area (TPSA) is 63.3 Å². The van der Waals surface area contributed by atoms with E-state index in [-0.39, 0.29) is 5.76 Å². The van der Waals surface area contributed by atoms with Crippen molar-refractivity contribution in [2.45, 2.75) is 6.42 Å². The summed E-state index contributed by atoms with van der Waals surface area (Å²) in [6.07, 6.45) is 3.22. The van der Waals surface area contributed by atoms with E-state index in [1.54, 1.807) is 5.94 Å². The van der Waals surface area contributed by atoms with Crippen LogP contribution in [-0.2, 0) is 4.79 Å². The molecule has 3 heteroatoms. The summed E-state index contributed by atoms with van der Waals surface area (Å²) in [5, 5.41) is 8.85. The first-order valence-electron chi connectivity index (χ1n) is 2.84. The third-order valence-corrected chi connectivity index (χ3v) is 1.29. The van der Waals surface area contributed by atoms with E-state index in [4.69, 9.17) is 10.8 Å². The van der Waals surface area contributed by atoms with Crippen molar-refractivity contribution in [3.63, 3.8) is 0 Å². The Morgan fingerprint density at radius 2 is 2.40 bits per heavy atom. The summed E-state index contributed by atoms with van der Waals surface area (Å²) >= 11 is 0. The zero-order chi connectivity index (χ0) is 7.56. The lowest BCUT2D eigenvalue weighted by Gasteiger charge is -2.05. The van der Waals surface area contributed by atoms with Crippen LogP contribution in [0.3, 0.4) is 0 Å². The number of carbonyl (C=O) groups excluding carboxylic acids is 1. The Morgan fingerprint density at radius 1 is 1.70 bits per heavy atom. The molecule has 0 aromatic rings. The van der Waals surface area contributed by atoms with Crippen LogP contribution in [0.1, 0.15) is 6.42 Å². The predicted molar refractivity (Wildman–Crippen MR) is 36.8 cm³/mol. The number of aliphatic hydroxyl groups excluding tert-OH is 1. The third kappa shape index (κ3) is 1.09. The average molecular weight is 137 g/mol. The van der Waals surface area contributed by atoms with Gasteiger partial charge < -0.3 is 10.8 Å². The lowest BCUT2D eigenvalue weighted by Crippen LogP contribution is -2.05. The van der Waals surface area contributed by atoms with Crippen LogP contribution < -0.4 is 5.73 Å². The highest BCUT2D eigenvalue weighted by atomic mass is 16.3. The van der Waals surface area contributed by atoms with Gasteiger partial charge in [-0.05, 0) is 6.08 Å². The molecule has 52 valence electrons. The molecule has 0 aromatic carbocycles. The second-order valence-corrected chi connectivity index (χ2v) is 2.01. The number of hydrogen-bond acceptors (Lipinski definition) is 3. The second kappa shape index (κ2) is 2.42. The molecule has 3 nitrogen and oxygen atoms in total. The van der Waals surface area contributed by atoms with Crippen LogP contribution in [0, 0.1) is 0 Å². The van der Waals surface area contributed by atoms with Gasteiger partial charge in [0.05, 0.1) is 5.57 Å². The van der Waals surface area contributed by atoms with Gasteiger partial charge in [0.1, 0.15) is 11.7 Å². The van der Waals surface area contributed by atoms with Gasteiger partial charge in [-0.2, -0.15) is 0 Å². The monoisotopic (exact) mass is 137 g/mol. The van der Waals surface area contributed by atoms with Crippen LogP contribution in [0.5, 0.6) is 0 Å². The normalized spacial score (nSPS) is 17.4. The maximum Gasteiger partial charge on any atom is 0.130 e. The minimum absolute atomic E-state index is 0.108. The molecular weight excluding hydrogens is 130 g/mol. The van der Waals surface area contributed by atoms with Gasteiger partial charge in [0, 0.05) is 18.2 Å². The average Bonchev–Trinajstić information content (AvgIpc) is 1.88. The highest BCUT2D eigenvalue weighted by Gasteiger charge is 2.06.